The van der Waals surface area contributed by atoms with Gasteiger partial charge in [-0.3, -0.25) is 0 Å². The molecule has 4 heteroatoms. The summed E-state index contributed by atoms with van der Waals surface area (Å²) in [5, 5.41) is 5.10. The third-order valence-corrected chi connectivity index (χ3v) is 5.75. The molecule has 2 aromatic carbocycles. The van der Waals surface area contributed by atoms with E-state index < -0.39 is 0 Å². The van der Waals surface area contributed by atoms with E-state index in [1.165, 1.54) is 27.9 Å². The number of nitrogens with zero attached hydrogens (tertiary/aromatic N) is 1. The molecule has 0 radical (unpaired) electrons. The van der Waals surface area contributed by atoms with Gasteiger partial charge in [0.15, 0.2) is 5.71 Å². The van der Waals surface area contributed by atoms with Crippen molar-refractivity contribution in [3.05, 3.63) is 75.7 Å². The van der Waals surface area contributed by atoms with Gasteiger partial charge >= 0.3 is 10.1 Å². The predicted octanol–water partition coefficient (Wildman–Crippen LogP) is 4.59. The summed E-state index contributed by atoms with van der Waals surface area (Å²) in [5.41, 5.74) is 9.88. The Morgan fingerprint density at radius 3 is 1.42 bits per heavy atom. The minimum absolute atomic E-state index is 0. The van der Waals surface area contributed by atoms with Gasteiger partial charge in [-0.1, -0.05) is 110 Å². The molecule has 0 unspecified atom stereocenters. The second-order valence-corrected chi connectivity index (χ2v) is 9.92. The molecule has 33 heavy (non-hydrogen) atoms. The van der Waals surface area contributed by atoms with E-state index in [4.69, 9.17) is 5.32 Å². The Bertz CT molecular complexity index is 904. The molecule has 0 aliphatic rings. The summed E-state index contributed by atoms with van der Waals surface area (Å²) in [6.45, 7) is 22.2. The third kappa shape index (κ3) is 8.13. The van der Waals surface area contributed by atoms with Gasteiger partial charge in [-0.25, -0.2) is 4.99 Å². The minimum Gasteiger partial charge on any atom is -1.00 e. The first kappa shape index (κ1) is 31.1. The van der Waals surface area contributed by atoms with Crippen LogP contribution in [0, 0.1) is 0 Å². The zero-order valence-corrected chi connectivity index (χ0v) is 23.1. The second kappa shape index (κ2) is 13.7. The van der Waals surface area contributed by atoms with Gasteiger partial charge in [-0.2, -0.15) is 5.70 Å². The smallest absolute Gasteiger partial charge is 1.00 e. The fourth-order valence-corrected chi connectivity index (χ4v) is 4.09. The SMILES string of the molecule is CC(/C=C(/C)[N-]c1c(C(C)C)cccc1C(C)C)=[NH+]c1c(C(C)C)cccc1C(C)C.[Be+2].[Cl-]. The molecular formula is C29H42BeClN2+. The summed E-state index contributed by atoms with van der Waals surface area (Å²) in [5.74, 6) is 1.82. The first-order valence-corrected chi connectivity index (χ1v) is 11.8. The first-order valence-electron chi connectivity index (χ1n) is 11.8. The largest absolute Gasteiger partial charge is 2.00 e. The maximum Gasteiger partial charge on any atom is 2.00 e. The molecule has 0 atom stereocenters. The molecule has 1 N–H and O–H groups in total. The van der Waals surface area contributed by atoms with Gasteiger partial charge in [0.05, 0.1) is 0 Å². The number of para-hydroxylation sites is 2. The number of benzene rings is 2. The van der Waals surface area contributed by atoms with Crippen molar-refractivity contribution >= 4 is 27.2 Å². The summed E-state index contributed by atoms with van der Waals surface area (Å²) in [4.78, 5) is 3.71. The molecule has 0 heterocycles. The third-order valence-electron chi connectivity index (χ3n) is 5.75. The summed E-state index contributed by atoms with van der Waals surface area (Å²) in [6, 6.07) is 13.2. The average Bonchev–Trinajstić information content (AvgIpc) is 2.67. The zero-order valence-electron chi connectivity index (χ0n) is 22.4. The van der Waals surface area contributed by atoms with Crippen molar-refractivity contribution in [1.82, 2.24) is 0 Å². The summed E-state index contributed by atoms with van der Waals surface area (Å²) in [6.07, 6.45) is 2.17. The average molecular weight is 463 g/mol. The maximum atomic E-state index is 5.10. The molecular weight excluding hydrogens is 421 g/mol. The van der Waals surface area contributed by atoms with E-state index in [0.29, 0.717) is 23.7 Å². The molecule has 176 valence electrons. The fraction of sp³-hybridized carbons (Fsp3) is 0.483. The van der Waals surface area contributed by atoms with Gasteiger partial charge < -0.3 is 17.7 Å². The number of halogens is 1. The van der Waals surface area contributed by atoms with Gasteiger partial charge in [0.1, 0.15) is 0 Å². The standard InChI is InChI=1S/C29H41N2.Be.ClH/c1-18(2)24-13-11-14-25(19(3)4)28(24)30-22(9)17-23(10)31-29-26(20(5)6)15-12-16-27(29)21(7)8;;/h11-21H,1-10H3;;1H/q-1;+2;/b22-17-,31-23?;;. The second-order valence-electron chi connectivity index (χ2n) is 9.92. The molecule has 0 aliphatic carbocycles. The Labute approximate surface area is 213 Å². The van der Waals surface area contributed by atoms with Crippen molar-refractivity contribution in [2.45, 2.75) is 92.9 Å². The Hall–Kier alpha value is -1.89. The van der Waals surface area contributed by atoms with E-state index in [1.54, 1.807) is 0 Å². The van der Waals surface area contributed by atoms with Crippen molar-refractivity contribution in [2.24, 2.45) is 0 Å². The van der Waals surface area contributed by atoms with Crippen molar-refractivity contribution in [2.75, 3.05) is 0 Å². The molecule has 2 aromatic rings. The van der Waals surface area contributed by atoms with Crippen molar-refractivity contribution in [1.29, 1.82) is 0 Å². The van der Waals surface area contributed by atoms with Crippen LogP contribution in [-0.2, 0) is 0 Å². The van der Waals surface area contributed by atoms with Gasteiger partial charge in [-0.15, -0.1) is 5.69 Å². The van der Waals surface area contributed by atoms with Crippen LogP contribution in [0.15, 0.2) is 48.2 Å². The van der Waals surface area contributed by atoms with E-state index in [9.17, 15) is 0 Å². The topological polar surface area (TPSA) is 28.1 Å². The van der Waals surface area contributed by atoms with Crippen LogP contribution in [0.3, 0.4) is 0 Å². The van der Waals surface area contributed by atoms with E-state index >= 15 is 0 Å². The zero-order chi connectivity index (χ0) is 23.3. The number of hydrogen-bond donors (Lipinski definition) is 1. The van der Waals surface area contributed by atoms with Crippen molar-refractivity contribution < 1.29 is 17.4 Å². The van der Waals surface area contributed by atoms with Gasteiger partial charge in [0.25, 0.3) is 0 Å². The molecule has 0 aromatic heterocycles. The molecule has 0 saturated heterocycles. The van der Waals surface area contributed by atoms with Crippen LogP contribution in [0.5, 0.6) is 0 Å². The number of hydrogen-bond acceptors (Lipinski definition) is 0. The van der Waals surface area contributed by atoms with Crippen LogP contribution in [0.1, 0.15) is 115 Å². The van der Waals surface area contributed by atoms with Crippen LogP contribution < -0.4 is 17.4 Å². The minimum atomic E-state index is 0. The fourth-order valence-electron chi connectivity index (χ4n) is 4.09. The molecule has 2 rings (SSSR count). The van der Waals surface area contributed by atoms with Crippen LogP contribution in [0.25, 0.3) is 5.32 Å². The van der Waals surface area contributed by atoms with Crippen LogP contribution in [0.2, 0.25) is 0 Å². The molecule has 0 bridgehead atoms. The van der Waals surface area contributed by atoms with Gasteiger partial charge in [-0.05, 0) is 29.7 Å². The molecule has 0 spiro atoms. The summed E-state index contributed by atoms with van der Waals surface area (Å²) >= 11 is 0. The normalized spacial score (nSPS) is 12.3. The monoisotopic (exact) mass is 462 g/mol. The Balaban J connectivity index is 0.00000512. The van der Waals surface area contributed by atoms with Crippen molar-refractivity contribution in [3.63, 3.8) is 0 Å². The summed E-state index contributed by atoms with van der Waals surface area (Å²) < 4.78 is 0. The first-order chi connectivity index (χ1) is 14.5. The van der Waals surface area contributed by atoms with E-state index in [1.807, 2.05) is 0 Å². The number of allylic oxidation sites excluding steroid dienone is 2. The number of rotatable bonds is 8. The van der Waals surface area contributed by atoms with Crippen LogP contribution in [-0.4, -0.2) is 15.8 Å². The van der Waals surface area contributed by atoms with E-state index in [0.717, 1.165) is 17.1 Å². The molecule has 0 fully saturated rings. The Morgan fingerprint density at radius 1 is 0.697 bits per heavy atom. The number of nitrogens with one attached hydrogen (secondary N) is 1. The van der Waals surface area contributed by atoms with Crippen LogP contribution >= 0.6 is 0 Å². The molecule has 0 saturated carbocycles. The van der Waals surface area contributed by atoms with E-state index in [2.05, 4.69) is 117 Å². The van der Waals surface area contributed by atoms with Crippen LogP contribution in [0.4, 0.5) is 11.4 Å². The molecule has 0 aliphatic heterocycles. The van der Waals surface area contributed by atoms with Crippen molar-refractivity contribution in [3.8, 4) is 0 Å². The Kier molecular flexibility index (Phi) is 12.9. The quantitative estimate of drug-likeness (QED) is 0.439. The predicted molar refractivity (Wildman–Crippen MR) is 143 cm³/mol. The maximum absolute atomic E-state index is 5.10. The summed E-state index contributed by atoms with van der Waals surface area (Å²) in [7, 11) is 0. The van der Waals surface area contributed by atoms with Gasteiger partial charge in [0.2, 0.25) is 5.69 Å². The Morgan fingerprint density at radius 2 is 1.06 bits per heavy atom. The van der Waals surface area contributed by atoms with E-state index in [-0.39, 0.29) is 22.5 Å². The molecule has 0 amide bonds. The van der Waals surface area contributed by atoms with Gasteiger partial charge in [0, 0.05) is 18.1 Å². The molecule has 2 nitrogen and oxygen atoms in total.